The van der Waals surface area contributed by atoms with Gasteiger partial charge in [-0.3, -0.25) is 14.9 Å². The third-order valence-electron chi connectivity index (χ3n) is 4.01. The minimum Gasteiger partial charge on any atom is -0.452 e. The van der Waals surface area contributed by atoms with Crippen molar-refractivity contribution in [1.29, 1.82) is 5.26 Å². The van der Waals surface area contributed by atoms with E-state index in [0.717, 1.165) is 6.07 Å². The van der Waals surface area contributed by atoms with Crippen LogP contribution in [0.5, 0.6) is 0 Å². The number of nitrogens with zero attached hydrogens (tertiary/aromatic N) is 3. The fourth-order valence-electron chi connectivity index (χ4n) is 2.02. The number of nitriles is 1. The van der Waals surface area contributed by atoms with E-state index in [1.165, 1.54) is 12.1 Å². The maximum Gasteiger partial charge on any atom is 0.338 e. The lowest BCUT2D eigenvalue weighted by molar-refractivity contribution is -0.384. The number of esters is 1. The Bertz CT molecular complexity index is 754. The van der Waals surface area contributed by atoms with Gasteiger partial charge in [0.1, 0.15) is 11.2 Å². The zero-order valence-electron chi connectivity index (χ0n) is 15.4. The summed E-state index contributed by atoms with van der Waals surface area (Å²) in [6.07, 6.45) is 0. The third kappa shape index (κ3) is 4.92. The van der Waals surface area contributed by atoms with Gasteiger partial charge in [-0.2, -0.15) is 5.26 Å². The molecule has 0 saturated carbocycles. The van der Waals surface area contributed by atoms with Gasteiger partial charge in [-0.05, 0) is 25.0 Å². The van der Waals surface area contributed by atoms with Gasteiger partial charge in [0.05, 0.1) is 16.6 Å². The fourth-order valence-corrected chi connectivity index (χ4v) is 2.02. The highest BCUT2D eigenvalue weighted by Gasteiger charge is 2.30. The second-order valence-corrected chi connectivity index (χ2v) is 6.45. The van der Waals surface area contributed by atoms with Gasteiger partial charge in [-0.1, -0.05) is 13.8 Å². The van der Waals surface area contributed by atoms with Crippen LogP contribution in [0.4, 0.5) is 11.4 Å². The summed E-state index contributed by atoms with van der Waals surface area (Å²) in [5, 5.41) is 22.8. The number of benzene rings is 1. The van der Waals surface area contributed by atoms with E-state index in [9.17, 15) is 25.0 Å². The van der Waals surface area contributed by atoms with Crippen LogP contribution < -0.4 is 10.2 Å². The summed E-state index contributed by atoms with van der Waals surface area (Å²) in [7, 11) is 3.29. The Morgan fingerprint density at radius 2 is 2.04 bits per heavy atom. The zero-order valence-corrected chi connectivity index (χ0v) is 15.4. The van der Waals surface area contributed by atoms with Gasteiger partial charge in [-0.15, -0.1) is 0 Å². The Morgan fingerprint density at radius 1 is 1.42 bits per heavy atom. The van der Waals surface area contributed by atoms with Crippen molar-refractivity contribution >= 4 is 23.3 Å². The number of nitro groups is 1. The molecule has 0 aromatic heterocycles. The second kappa shape index (κ2) is 8.29. The van der Waals surface area contributed by atoms with Crippen molar-refractivity contribution in [2.24, 2.45) is 5.92 Å². The van der Waals surface area contributed by atoms with Gasteiger partial charge in [-0.25, -0.2) is 4.79 Å². The number of ether oxygens (including phenoxy) is 1. The van der Waals surface area contributed by atoms with Gasteiger partial charge in [0.15, 0.2) is 6.61 Å². The van der Waals surface area contributed by atoms with E-state index < -0.39 is 28.9 Å². The Hall–Kier alpha value is -3.15. The van der Waals surface area contributed by atoms with E-state index in [0.29, 0.717) is 5.69 Å². The average molecular weight is 362 g/mol. The first-order valence-electron chi connectivity index (χ1n) is 7.87. The molecule has 0 fully saturated rings. The molecule has 0 aliphatic heterocycles. The van der Waals surface area contributed by atoms with E-state index in [4.69, 9.17) is 4.74 Å². The molecular weight excluding hydrogens is 340 g/mol. The summed E-state index contributed by atoms with van der Waals surface area (Å²) in [5.41, 5.74) is -1.03. The Balaban J connectivity index is 2.83. The van der Waals surface area contributed by atoms with Crippen LogP contribution >= 0.6 is 0 Å². The first-order valence-corrected chi connectivity index (χ1v) is 7.87. The summed E-state index contributed by atoms with van der Waals surface area (Å²) < 4.78 is 4.90. The molecule has 9 heteroatoms. The Kier molecular flexibility index (Phi) is 6.66. The van der Waals surface area contributed by atoms with Crippen molar-refractivity contribution < 1.29 is 19.2 Å². The highest BCUT2D eigenvalue weighted by Crippen LogP contribution is 2.27. The number of anilines is 1. The predicted molar refractivity (Wildman–Crippen MR) is 94.7 cm³/mol. The predicted octanol–water partition coefficient (Wildman–Crippen LogP) is 1.87. The molecule has 1 atom stereocenters. The van der Waals surface area contributed by atoms with Crippen molar-refractivity contribution in [3.8, 4) is 6.07 Å². The second-order valence-electron chi connectivity index (χ2n) is 6.45. The average Bonchev–Trinajstić information content (AvgIpc) is 2.58. The van der Waals surface area contributed by atoms with Crippen LogP contribution in [0.15, 0.2) is 18.2 Å². The molecule has 0 unspecified atom stereocenters. The summed E-state index contributed by atoms with van der Waals surface area (Å²) in [6, 6.07) is 5.93. The van der Waals surface area contributed by atoms with Gasteiger partial charge in [0, 0.05) is 20.2 Å². The molecule has 1 amide bonds. The first-order chi connectivity index (χ1) is 12.0. The number of hydrogen-bond donors (Lipinski definition) is 1. The van der Waals surface area contributed by atoms with Crippen molar-refractivity contribution in [2.45, 2.75) is 26.3 Å². The SMILES string of the molecule is CC(C)[C@](C)(C#N)NC(=O)COC(=O)c1ccc(N(C)C)c([N+](=O)[O-])c1. The lowest BCUT2D eigenvalue weighted by atomic mass is 9.90. The molecule has 0 saturated heterocycles. The third-order valence-corrected chi connectivity index (χ3v) is 4.01. The molecule has 1 aromatic rings. The maximum absolute atomic E-state index is 12.1. The molecule has 0 spiro atoms. The van der Waals surface area contributed by atoms with Gasteiger partial charge in [0.2, 0.25) is 0 Å². The first kappa shape index (κ1) is 20.9. The molecule has 26 heavy (non-hydrogen) atoms. The molecule has 9 nitrogen and oxygen atoms in total. The van der Waals surface area contributed by atoms with Gasteiger partial charge in [0.25, 0.3) is 11.6 Å². The smallest absolute Gasteiger partial charge is 0.338 e. The molecule has 0 bridgehead atoms. The molecule has 140 valence electrons. The molecule has 0 radical (unpaired) electrons. The lowest BCUT2D eigenvalue weighted by Gasteiger charge is -2.27. The number of rotatable bonds is 7. The Labute approximate surface area is 151 Å². The highest BCUT2D eigenvalue weighted by molar-refractivity contribution is 5.93. The lowest BCUT2D eigenvalue weighted by Crippen LogP contribution is -2.50. The molecule has 1 rings (SSSR count). The normalized spacial score (nSPS) is 12.7. The summed E-state index contributed by atoms with van der Waals surface area (Å²) in [5.74, 6) is -1.64. The monoisotopic (exact) mass is 362 g/mol. The van der Waals surface area contributed by atoms with E-state index in [2.05, 4.69) is 5.32 Å². The van der Waals surface area contributed by atoms with E-state index in [1.807, 2.05) is 6.07 Å². The van der Waals surface area contributed by atoms with Crippen molar-refractivity contribution in [1.82, 2.24) is 5.32 Å². The number of amides is 1. The summed E-state index contributed by atoms with van der Waals surface area (Å²) in [4.78, 5) is 36.1. The fraction of sp³-hybridized carbons (Fsp3) is 0.471. The molecule has 0 heterocycles. The van der Waals surface area contributed by atoms with Crippen LogP contribution in [-0.4, -0.2) is 43.0 Å². The zero-order chi connectivity index (χ0) is 20.1. The molecular formula is C17H22N4O5. The topological polar surface area (TPSA) is 126 Å². The largest absolute Gasteiger partial charge is 0.452 e. The van der Waals surface area contributed by atoms with Crippen LogP contribution in [-0.2, 0) is 9.53 Å². The van der Waals surface area contributed by atoms with Crippen molar-refractivity contribution in [3.63, 3.8) is 0 Å². The number of nitrogens with one attached hydrogen (secondary N) is 1. The highest BCUT2D eigenvalue weighted by atomic mass is 16.6. The van der Waals surface area contributed by atoms with Crippen LogP contribution in [0, 0.1) is 27.4 Å². The molecule has 1 N–H and O–H groups in total. The van der Waals surface area contributed by atoms with Gasteiger partial charge < -0.3 is 15.0 Å². The van der Waals surface area contributed by atoms with Crippen LogP contribution in [0.25, 0.3) is 0 Å². The van der Waals surface area contributed by atoms with Gasteiger partial charge >= 0.3 is 5.97 Å². The summed E-state index contributed by atoms with van der Waals surface area (Å²) >= 11 is 0. The van der Waals surface area contributed by atoms with Crippen molar-refractivity contribution in [3.05, 3.63) is 33.9 Å². The maximum atomic E-state index is 12.1. The standard InChI is InChI=1S/C17H22N4O5/c1-11(2)17(3,10-18)19-15(22)9-26-16(23)12-6-7-13(20(4)5)14(8-12)21(24)25/h6-8,11H,9H2,1-5H3,(H,19,22)/t17-/m0/s1. The molecule has 1 aromatic carbocycles. The van der Waals surface area contributed by atoms with E-state index in [-0.39, 0.29) is 17.2 Å². The molecule has 0 aliphatic carbocycles. The van der Waals surface area contributed by atoms with E-state index >= 15 is 0 Å². The van der Waals surface area contributed by atoms with Crippen LogP contribution in [0.2, 0.25) is 0 Å². The van der Waals surface area contributed by atoms with Crippen LogP contribution in [0.3, 0.4) is 0 Å². The summed E-state index contributed by atoms with van der Waals surface area (Å²) in [6.45, 7) is 4.54. The number of nitro benzene ring substituents is 1. The van der Waals surface area contributed by atoms with E-state index in [1.54, 1.807) is 39.8 Å². The Morgan fingerprint density at radius 3 is 2.50 bits per heavy atom. The minimum atomic E-state index is -1.09. The quantitative estimate of drug-likeness (QED) is 0.446. The number of carbonyl (C=O) groups is 2. The van der Waals surface area contributed by atoms with Crippen molar-refractivity contribution in [2.75, 3.05) is 25.6 Å². The van der Waals surface area contributed by atoms with Crippen LogP contribution in [0.1, 0.15) is 31.1 Å². The molecule has 0 aliphatic rings. The number of hydrogen-bond acceptors (Lipinski definition) is 7. The minimum absolute atomic E-state index is 0.0398. The number of carbonyl (C=O) groups excluding carboxylic acids is 2.